The Bertz CT molecular complexity index is 1050. The van der Waals surface area contributed by atoms with Crippen molar-refractivity contribution in [1.29, 1.82) is 0 Å². The van der Waals surface area contributed by atoms with E-state index in [0.717, 1.165) is 11.5 Å². The quantitative estimate of drug-likeness (QED) is 0.408. The van der Waals surface area contributed by atoms with Gasteiger partial charge in [0.1, 0.15) is 0 Å². The summed E-state index contributed by atoms with van der Waals surface area (Å²) in [6, 6.07) is 12.2. The van der Waals surface area contributed by atoms with Crippen LogP contribution in [0, 0.1) is 10.1 Å². The van der Waals surface area contributed by atoms with E-state index in [4.69, 9.17) is 16.3 Å². The maximum atomic E-state index is 12.1. The lowest BCUT2D eigenvalue weighted by atomic mass is 10.2. The molecule has 0 saturated carbocycles. The summed E-state index contributed by atoms with van der Waals surface area (Å²) in [4.78, 5) is 38.5. The average molecular weight is 386 g/mol. The highest BCUT2D eigenvalue weighted by atomic mass is 35.5. The molecule has 0 radical (unpaired) electrons. The lowest BCUT2D eigenvalue weighted by molar-refractivity contribution is -0.384. The lowest BCUT2D eigenvalue weighted by Crippen LogP contribution is -2.21. The third kappa shape index (κ3) is 4.18. The first-order valence-corrected chi connectivity index (χ1v) is 8.08. The minimum absolute atomic E-state index is 0.00821. The van der Waals surface area contributed by atoms with E-state index in [1.807, 2.05) is 0 Å². The molecule has 1 N–H and O–H groups in total. The van der Waals surface area contributed by atoms with Crippen LogP contribution in [-0.2, 0) is 9.53 Å². The number of rotatable bonds is 5. The Hall–Kier alpha value is -3.52. The van der Waals surface area contributed by atoms with Gasteiger partial charge in [-0.1, -0.05) is 17.7 Å². The van der Waals surface area contributed by atoms with Crippen molar-refractivity contribution in [3.05, 3.63) is 75.4 Å². The molecule has 0 spiro atoms. The summed E-state index contributed by atoms with van der Waals surface area (Å²) in [5, 5.41) is 14.2. The average Bonchev–Trinajstić information content (AvgIpc) is 2.66. The second kappa shape index (κ2) is 7.79. The summed E-state index contributed by atoms with van der Waals surface area (Å²) in [6.07, 6.45) is 1.64. The molecule has 1 amide bonds. The summed E-state index contributed by atoms with van der Waals surface area (Å²) in [5.74, 6) is -1.50. The minimum Gasteiger partial charge on any atom is -0.452 e. The number of carbonyl (C=O) groups is 2. The van der Waals surface area contributed by atoms with E-state index in [0.29, 0.717) is 11.2 Å². The van der Waals surface area contributed by atoms with Crippen LogP contribution < -0.4 is 5.32 Å². The van der Waals surface area contributed by atoms with E-state index >= 15 is 0 Å². The van der Waals surface area contributed by atoms with Crippen molar-refractivity contribution in [3.8, 4) is 0 Å². The van der Waals surface area contributed by atoms with Crippen LogP contribution in [0.1, 0.15) is 10.4 Å². The van der Waals surface area contributed by atoms with E-state index in [1.165, 1.54) is 12.1 Å². The monoisotopic (exact) mass is 385 g/mol. The first-order valence-electron chi connectivity index (χ1n) is 7.70. The van der Waals surface area contributed by atoms with Crippen molar-refractivity contribution in [3.63, 3.8) is 0 Å². The first kappa shape index (κ1) is 18.3. The standard InChI is InChI=1S/C18H12ClN3O5/c19-14-7-6-11(22(25)26)9-13(14)18(24)27-10-17(23)21-16-5-1-4-15-12(16)3-2-8-20-15/h1-9H,10H2,(H,21,23). The molecule has 0 aliphatic heterocycles. The van der Waals surface area contributed by atoms with Crippen molar-refractivity contribution in [2.75, 3.05) is 11.9 Å². The van der Waals surface area contributed by atoms with Gasteiger partial charge in [0.15, 0.2) is 6.61 Å². The Labute approximate surface area is 157 Å². The minimum atomic E-state index is -0.932. The van der Waals surface area contributed by atoms with E-state index in [-0.39, 0.29) is 16.3 Å². The number of nitrogens with one attached hydrogen (secondary N) is 1. The highest BCUT2D eigenvalue weighted by Crippen LogP contribution is 2.23. The van der Waals surface area contributed by atoms with Gasteiger partial charge in [-0.05, 0) is 30.3 Å². The fraction of sp³-hybridized carbons (Fsp3) is 0.0556. The molecule has 0 fully saturated rings. The van der Waals surface area contributed by atoms with Gasteiger partial charge in [0.2, 0.25) is 0 Å². The van der Waals surface area contributed by atoms with E-state index < -0.39 is 23.4 Å². The topological polar surface area (TPSA) is 111 Å². The maximum Gasteiger partial charge on any atom is 0.340 e. The Morgan fingerprint density at radius 2 is 2.00 bits per heavy atom. The SMILES string of the molecule is O=C(COC(=O)c1cc([N+](=O)[O-])ccc1Cl)Nc1cccc2ncccc12. The predicted molar refractivity (Wildman–Crippen MR) is 98.8 cm³/mol. The Balaban J connectivity index is 1.68. The molecule has 0 bridgehead atoms. The molecule has 3 rings (SSSR count). The Morgan fingerprint density at radius 1 is 1.19 bits per heavy atom. The Kier molecular flexibility index (Phi) is 5.28. The normalized spacial score (nSPS) is 10.4. The molecule has 8 nitrogen and oxygen atoms in total. The number of anilines is 1. The number of hydrogen-bond donors (Lipinski definition) is 1. The number of nitrogens with zero attached hydrogens (tertiary/aromatic N) is 2. The second-order valence-corrected chi connectivity index (χ2v) is 5.83. The number of fused-ring (bicyclic) bond motifs is 1. The zero-order valence-electron chi connectivity index (χ0n) is 13.7. The van der Waals surface area contributed by atoms with Crippen molar-refractivity contribution < 1.29 is 19.2 Å². The fourth-order valence-electron chi connectivity index (χ4n) is 2.39. The third-order valence-corrected chi connectivity index (χ3v) is 3.96. The molecule has 0 aliphatic rings. The highest BCUT2D eigenvalue weighted by molar-refractivity contribution is 6.33. The molecule has 136 valence electrons. The zero-order valence-corrected chi connectivity index (χ0v) is 14.5. The summed E-state index contributed by atoms with van der Waals surface area (Å²) in [5.41, 5.74) is 0.734. The number of carbonyl (C=O) groups excluding carboxylic acids is 2. The van der Waals surface area contributed by atoms with E-state index in [1.54, 1.807) is 36.5 Å². The number of ether oxygens (including phenoxy) is 1. The summed E-state index contributed by atoms with van der Waals surface area (Å²) in [7, 11) is 0. The van der Waals surface area contributed by atoms with Crippen LogP contribution >= 0.6 is 11.6 Å². The molecule has 1 heterocycles. The number of benzene rings is 2. The molecule has 27 heavy (non-hydrogen) atoms. The van der Waals surface area contributed by atoms with Crippen molar-refractivity contribution >= 4 is 45.8 Å². The molecule has 9 heteroatoms. The molecular weight excluding hydrogens is 374 g/mol. The number of hydrogen-bond acceptors (Lipinski definition) is 6. The number of non-ortho nitro benzene ring substituents is 1. The number of aromatic nitrogens is 1. The van der Waals surface area contributed by atoms with Gasteiger partial charge < -0.3 is 10.1 Å². The number of esters is 1. The van der Waals surface area contributed by atoms with Gasteiger partial charge in [-0.25, -0.2) is 4.79 Å². The van der Waals surface area contributed by atoms with Crippen LogP contribution in [0.2, 0.25) is 5.02 Å². The largest absolute Gasteiger partial charge is 0.452 e. The predicted octanol–water partition coefficient (Wildman–Crippen LogP) is 3.59. The van der Waals surface area contributed by atoms with Gasteiger partial charge in [-0.2, -0.15) is 0 Å². The molecule has 0 atom stereocenters. The Morgan fingerprint density at radius 3 is 2.78 bits per heavy atom. The summed E-state index contributed by atoms with van der Waals surface area (Å²) in [6.45, 7) is -0.575. The van der Waals surface area contributed by atoms with Gasteiger partial charge in [-0.3, -0.25) is 19.9 Å². The number of pyridine rings is 1. The van der Waals surface area contributed by atoms with Gasteiger partial charge in [-0.15, -0.1) is 0 Å². The lowest BCUT2D eigenvalue weighted by Gasteiger charge is -2.09. The third-order valence-electron chi connectivity index (χ3n) is 3.63. The highest BCUT2D eigenvalue weighted by Gasteiger charge is 2.18. The number of amides is 1. The van der Waals surface area contributed by atoms with E-state index in [2.05, 4.69) is 10.3 Å². The molecule has 0 unspecified atom stereocenters. The first-order chi connectivity index (χ1) is 13.0. The van der Waals surface area contributed by atoms with Crippen LogP contribution in [-0.4, -0.2) is 28.4 Å². The number of nitro benzene ring substituents is 1. The summed E-state index contributed by atoms with van der Waals surface area (Å²) >= 11 is 5.88. The van der Waals surface area contributed by atoms with Crippen LogP contribution in [0.15, 0.2) is 54.7 Å². The van der Waals surface area contributed by atoms with Gasteiger partial charge in [0.05, 0.1) is 26.7 Å². The zero-order chi connectivity index (χ0) is 19.4. The molecular formula is C18H12ClN3O5. The molecule has 3 aromatic rings. The van der Waals surface area contributed by atoms with Crippen LogP contribution in [0.25, 0.3) is 10.9 Å². The molecule has 0 saturated heterocycles. The number of halogens is 1. The van der Waals surface area contributed by atoms with Crippen LogP contribution in [0.3, 0.4) is 0 Å². The molecule has 2 aromatic carbocycles. The van der Waals surface area contributed by atoms with Crippen LogP contribution in [0.4, 0.5) is 11.4 Å². The van der Waals surface area contributed by atoms with Gasteiger partial charge in [0, 0.05) is 23.7 Å². The fourth-order valence-corrected chi connectivity index (χ4v) is 2.59. The van der Waals surface area contributed by atoms with Gasteiger partial charge >= 0.3 is 5.97 Å². The van der Waals surface area contributed by atoms with Crippen molar-refractivity contribution in [2.45, 2.75) is 0 Å². The molecule has 0 aliphatic carbocycles. The summed E-state index contributed by atoms with van der Waals surface area (Å²) < 4.78 is 4.92. The van der Waals surface area contributed by atoms with Crippen molar-refractivity contribution in [1.82, 2.24) is 4.98 Å². The van der Waals surface area contributed by atoms with E-state index in [9.17, 15) is 19.7 Å². The van der Waals surface area contributed by atoms with Crippen LogP contribution in [0.5, 0.6) is 0 Å². The van der Waals surface area contributed by atoms with Gasteiger partial charge in [0.25, 0.3) is 11.6 Å². The number of nitro groups is 1. The molecule has 1 aromatic heterocycles. The smallest absolute Gasteiger partial charge is 0.340 e. The van der Waals surface area contributed by atoms with Crippen molar-refractivity contribution in [2.24, 2.45) is 0 Å². The second-order valence-electron chi connectivity index (χ2n) is 5.42. The maximum absolute atomic E-state index is 12.1.